The van der Waals surface area contributed by atoms with Gasteiger partial charge in [-0.3, -0.25) is 4.99 Å². The molecule has 0 saturated heterocycles. The lowest BCUT2D eigenvalue weighted by Crippen LogP contribution is -2.06. The van der Waals surface area contributed by atoms with Crippen LogP contribution >= 0.6 is 11.6 Å². The summed E-state index contributed by atoms with van der Waals surface area (Å²) in [5.41, 5.74) is 8.35. The Hall–Kier alpha value is -1.02. The summed E-state index contributed by atoms with van der Waals surface area (Å²) in [4.78, 5) is 4.11. The minimum absolute atomic E-state index is 0.286. The van der Waals surface area contributed by atoms with Gasteiger partial charge >= 0.3 is 0 Å². The van der Waals surface area contributed by atoms with Gasteiger partial charge in [-0.1, -0.05) is 44.0 Å². The lowest BCUT2D eigenvalue weighted by atomic mass is 10.0. The molecular formula is C13H21ClN2. The monoisotopic (exact) mass is 240 g/mol. The van der Waals surface area contributed by atoms with Crippen molar-refractivity contribution in [2.75, 3.05) is 0 Å². The van der Waals surface area contributed by atoms with Crippen LogP contribution in [-0.4, -0.2) is 5.71 Å². The highest BCUT2D eigenvalue weighted by Gasteiger charge is 2.07. The normalized spacial score (nSPS) is 14.8. The van der Waals surface area contributed by atoms with Gasteiger partial charge < -0.3 is 5.73 Å². The van der Waals surface area contributed by atoms with Crippen molar-refractivity contribution in [3.05, 3.63) is 35.2 Å². The van der Waals surface area contributed by atoms with E-state index in [1.165, 1.54) is 19.0 Å². The standard InChI is InChI=1S/C13H21ClN2/c1-5-7-8-9-10(3)12(13(14)15)11(4)16-6-2/h6,9H,2,5,7-8,15H2,1,3-4H3/b10-9-,13-12-,16-11-. The summed E-state index contributed by atoms with van der Waals surface area (Å²) >= 11 is 5.88. The van der Waals surface area contributed by atoms with Gasteiger partial charge in [-0.25, -0.2) is 0 Å². The Morgan fingerprint density at radius 2 is 2.06 bits per heavy atom. The molecule has 3 heteroatoms. The summed E-state index contributed by atoms with van der Waals surface area (Å²) in [6.45, 7) is 9.61. The van der Waals surface area contributed by atoms with Crippen LogP contribution in [0.25, 0.3) is 0 Å². The van der Waals surface area contributed by atoms with E-state index in [1.54, 1.807) is 0 Å². The van der Waals surface area contributed by atoms with Crippen molar-refractivity contribution in [2.45, 2.75) is 40.0 Å². The van der Waals surface area contributed by atoms with Crippen LogP contribution in [0.4, 0.5) is 0 Å². The molecule has 0 radical (unpaired) electrons. The fourth-order valence-corrected chi connectivity index (χ4v) is 1.76. The molecule has 0 fully saturated rings. The van der Waals surface area contributed by atoms with E-state index < -0.39 is 0 Å². The minimum Gasteiger partial charge on any atom is -0.389 e. The number of nitrogens with zero attached hydrogens (tertiary/aromatic N) is 1. The number of hydrogen-bond acceptors (Lipinski definition) is 2. The average Bonchev–Trinajstić information content (AvgIpc) is 2.18. The molecule has 0 aliphatic heterocycles. The number of rotatable bonds is 6. The predicted octanol–water partition coefficient (Wildman–Crippen LogP) is 4.14. The molecule has 0 rings (SSSR count). The average molecular weight is 241 g/mol. The Bertz CT molecular complexity index is 321. The third-order valence-corrected chi connectivity index (χ3v) is 2.48. The molecule has 0 saturated carbocycles. The van der Waals surface area contributed by atoms with Crippen LogP contribution in [0.5, 0.6) is 0 Å². The zero-order valence-electron chi connectivity index (χ0n) is 10.4. The van der Waals surface area contributed by atoms with E-state index >= 15 is 0 Å². The molecule has 90 valence electrons. The molecule has 2 N–H and O–H groups in total. The summed E-state index contributed by atoms with van der Waals surface area (Å²) in [7, 11) is 0. The van der Waals surface area contributed by atoms with E-state index in [0.717, 1.165) is 23.3 Å². The maximum Gasteiger partial charge on any atom is 0.109 e. The molecule has 16 heavy (non-hydrogen) atoms. The molecule has 0 spiro atoms. The first-order chi connectivity index (χ1) is 7.54. The number of aliphatic imine (C=N–C) groups is 1. The molecule has 0 heterocycles. The molecule has 0 amide bonds. The first-order valence-electron chi connectivity index (χ1n) is 5.52. The van der Waals surface area contributed by atoms with Gasteiger partial charge in [-0.05, 0) is 25.8 Å². The zero-order valence-corrected chi connectivity index (χ0v) is 11.1. The maximum absolute atomic E-state index is 5.88. The Morgan fingerprint density at radius 3 is 2.50 bits per heavy atom. The van der Waals surface area contributed by atoms with Gasteiger partial charge in [-0.15, -0.1) is 0 Å². The van der Waals surface area contributed by atoms with E-state index in [9.17, 15) is 0 Å². The fourth-order valence-electron chi connectivity index (χ4n) is 1.47. The first kappa shape index (κ1) is 15.0. The fraction of sp³-hybridized carbons (Fsp3) is 0.462. The van der Waals surface area contributed by atoms with Crippen LogP contribution in [-0.2, 0) is 0 Å². The van der Waals surface area contributed by atoms with Gasteiger partial charge in [0.25, 0.3) is 0 Å². The number of halogens is 1. The molecule has 0 aromatic carbocycles. The van der Waals surface area contributed by atoms with Gasteiger partial charge in [0.15, 0.2) is 0 Å². The molecule has 2 nitrogen and oxygen atoms in total. The summed E-state index contributed by atoms with van der Waals surface area (Å²) in [6, 6.07) is 0. The topological polar surface area (TPSA) is 38.4 Å². The molecular weight excluding hydrogens is 220 g/mol. The van der Waals surface area contributed by atoms with Gasteiger partial charge in [0, 0.05) is 17.5 Å². The predicted molar refractivity (Wildman–Crippen MR) is 73.7 cm³/mol. The van der Waals surface area contributed by atoms with Crippen molar-refractivity contribution in [3.8, 4) is 0 Å². The Morgan fingerprint density at radius 1 is 1.44 bits per heavy atom. The van der Waals surface area contributed by atoms with E-state index in [2.05, 4.69) is 24.6 Å². The van der Waals surface area contributed by atoms with Gasteiger partial charge in [-0.2, -0.15) is 0 Å². The summed E-state index contributed by atoms with van der Waals surface area (Å²) in [6.07, 6.45) is 7.03. The lowest BCUT2D eigenvalue weighted by Gasteiger charge is -2.08. The number of unbranched alkanes of at least 4 members (excludes halogenated alkanes) is 2. The highest BCUT2D eigenvalue weighted by atomic mass is 35.5. The molecule has 0 unspecified atom stereocenters. The molecule has 0 aromatic rings. The molecule has 0 aliphatic carbocycles. The van der Waals surface area contributed by atoms with Crippen LogP contribution < -0.4 is 5.73 Å². The summed E-state index contributed by atoms with van der Waals surface area (Å²) in [5.74, 6) is 0. The third-order valence-electron chi connectivity index (χ3n) is 2.29. The van der Waals surface area contributed by atoms with E-state index in [-0.39, 0.29) is 5.16 Å². The van der Waals surface area contributed by atoms with Crippen LogP contribution in [0.1, 0.15) is 40.0 Å². The number of allylic oxidation sites excluding steroid dienone is 3. The summed E-state index contributed by atoms with van der Waals surface area (Å²) in [5, 5.41) is 0.286. The number of nitrogens with two attached hydrogens (primary N) is 1. The third kappa shape index (κ3) is 5.17. The second kappa shape index (κ2) is 8.17. The Kier molecular flexibility index (Phi) is 7.65. The van der Waals surface area contributed by atoms with Crippen molar-refractivity contribution in [1.29, 1.82) is 0 Å². The molecule has 0 aliphatic rings. The van der Waals surface area contributed by atoms with E-state index in [1.807, 2.05) is 13.8 Å². The van der Waals surface area contributed by atoms with Gasteiger partial charge in [0.1, 0.15) is 5.16 Å². The smallest absolute Gasteiger partial charge is 0.109 e. The highest BCUT2D eigenvalue weighted by Crippen LogP contribution is 2.18. The highest BCUT2D eigenvalue weighted by molar-refractivity contribution is 6.32. The van der Waals surface area contributed by atoms with Crippen LogP contribution in [0.15, 0.2) is 40.1 Å². The Labute approximate surface area is 104 Å². The van der Waals surface area contributed by atoms with Crippen LogP contribution in [0, 0.1) is 0 Å². The zero-order chi connectivity index (χ0) is 12.6. The molecule has 0 atom stereocenters. The van der Waals surface area contributed by atoms with Crippen LogP contribution in [0.2, 0.25) is 0 Å². The molecule has 0 aromatic heterocycles. The van der Waals surface area contributed by atoms with Gasteiger partial charge in [0.05, 0.1) is 0 Å². The van der Waals surface area contributed by atoms with E-state index in [4.69, 9.17) is 17.3 Å². The molecule has 0 bridgehead atoms. The van der Waals surface area contributed by atoms with Crippen molar-refractivity contribution in [2.24, 2.45) is 10.7 Å². The second-order valence-electron chi connectivity index (χ2n) is 3.65. The lowest BCUT2D eigenvalue weighted by molar-refractivity contribution is 0.812. The largest absolute Gasteiger partial charge is 0.389 e. The van der Waals surface area contributed by atoms with Crippen molar-refractivity contribution in [3.63, 3.8) is 0 Å². The quantitative estimate of drug-likeness (QED) is 0.322. The van der Waals surface area contributed by atoms with Crippen LogP contribution in [0.3, 0.4) is 0 Å². The minimum atomic E-state index is 0.286. The summed E-state index contributed by atoms with van der Waals surface area (Å²) < 4.78 is 0. The first-order valence-corrected chi connectivity index (χ1v) is 5.90. The van der Waals surface area contributed by atoms with Crippen molar-refractivity contribution in [1.82, 2.24) is 0 Å². The van der Waals surface area contributed by atoms with Gasteiger partial charge in [0.2, 0.25) is 0 Å². The van der Waals surface area contributed by atoms with Crippen molar-refractivity contribution < 1.29 is 0 Å². The number of hydrogen-bond donors (Lipinski definition) is 1. The van der Waals surface area contributed by atoms with Crippen molar-refractivity contribution >= 4 is 17.3 Å². The Balaban J connectivity index is 4.96. The SMILES string of the molecule is C=C\N=C(C)/C(C(/C)=C\CCCC)=C(\N)Cl. The second-order valence-corrected chi connectivity index (χ2v) is 4.06. The van der Waals surface area contributed by atoms with E-state index in [0.29, 0.717) is 0 Å². The maximum atomic E-state index is 5.88.